The second kappa shape index (κ2) is 5.33. The molecular weight excluding hydrogens is 188 g/mol. The third-order valence-corrected chi connectivity index (χ3v) is 3.02. The molecule has 1 aliphatic rings. The van der Waals surface area contributed by atoms with Crippen LogP contribution in [0.3, 0.4) is 0 Å². The number of rotatable bonds is 3. The monoisotopic (exact) mass is 208 g/mol. The second-order valence-electron chi connectivity index (χ2n) is 4.32. The molecule has 3 nitrogen and oxygen atoms in total. The van der Waals surface area contributed by atoms with Crippen molar-refractivity contribution in [1.29, 1.82) is 0 Å². The van der Waals surface area contributed by atoms with E-state index in [2.05, 4.69) is 11.0 Å². The zero-order valence-corrected chi connectivity index (χ0v) is 9.24. The van der Waals surface area contributed by atoms with E-state index in [-0.39, 0.29) is 0 Å². The van der Waals surface area contributed by atoms with Crippen LogP contribution in [0.25, 0.3) is 0 Å². The molecule has 0 unspecified atom stereocenters. The summed E-state index contributed by atoms with van der Waals surface area (Å²) in [6, 6.07) is 2.07. The molecule has 0 spiro atoms. The maximum absolute atomic E-state index is 5.55. The van der Waals surface area contributed by atoms with Crippen LogP contribution in [-0.2, 0) is 13.1 Å². The first-order valence-electron chi connectivity index (χ1n) is 5.87. The quantitative estimate of drug-likeness (QED) is 0.827. The van der Waals surface area contributed by atoms with Gasteiger partial charge in [-0.15, -0.1) is 0 Å². The number of hydrogen-bond acceptors (Lipinski definition) is 3. The lowest BCUT2D eigenvalue weighted by atomic mass is 10.2. The van der Waals surface area contributed by atoms with Crippen molar-refractivity contribution in [3.05, 3.63) is 23.7 Å². The van der Waals surface area contributed by atoms with Crippen molar-refractivity contribution in [3.8, 4) is 0 Å². The summed E-state index contributed by atoms with van der Waals surface area (Å²) in [5.74, 6) is 1.05. The first-order chi connectivity index (χ1) is 7.38. The van der Waals surface area contributed by atoms with Gasteiger partial charge in [0.05, 0.1) is 12.8 Å². The van der Waals surface area contributed by atoms with Gasteiger partial charge in [0.2, 0.25) is 0 Å². The van der Waals surface area contributed by atoms with Crippen LogP contribution in [0.1, 0.15) is 37.0 Å². The van der Waals surface area contributed by atoms with E-state index in [9.17, 15) is 0 Å². The van der Waals surface area contributed by atoms with Crippen LogP contribution in [0.5, 0.6) is 0 Å². The van der Waals surface area contributed by atoms with E-state index in [1.807, 2.05) is 0 Å². The summed E-state index contributed by atoms with van der Waals surface area (Å²) in [5, 5.41) is 0. The summed E-state index contributed by atoms with van der Waals surface area (Å²) < 4.78 is 5.48. The van der Waals surface area contributed by atoms with E-state index in [0.717, 1.165) is 17.9 Å². The number of hydrogen-bond donors (Lipinski definition) is 1. The highest BCUT2D eigenvalue weighted by Crippen LogP contribution is 2.14. The number of nitrogens with two attached hydrogens (primary N) is 1. The Bertz CT molecular complexity index is 288. The summed E-state index contributed by atoms with van der Waals surface area (Å²) >= 11 is 0. The van der Waals surface area contributed by atoms with Gasteiger partial charge in [-0.2, -0.15) is 0 Å². The molecule has 0 amide bonds. The Morgan fingerprint density at radius 2 is 1.93 bits per heavy atom. The van der Waals surface area contributed by atoms with E-state index in [0.29, 0.717) is 6.54 Å². The van der Waals surface area contributed by atoms with Crippen LogP contribution in [0.15, 0.2) is 16.7 Å². The molecule has 1 aromatic heterocycles. The zero-order valence-electron chi connectivity index (χ0n) is 9.24. The number of furan rings is 1. The molecule has 2 N–H and O–H groups in total. The molecule has 3 heteroatoms. The molecule has 0 aromatic carbocycles. The van der Waals surface area contributed by atoms with Crippen molar-refractivity contribution in [2.45, 2.75) is 38.8 Å². The molecule has 84 valence electrons. The number of likely N-dealkylation sites (tertiary alicyclic amines) is 1. The van der Waals surface area contributed by atoms with Crippen LogP contribution in [0, 0.1) is 0 Å². The summed E-state index contributed by atoms with van der Waals surface area (Å²) in [6.07, 6.45) is 7.17. The van der Waals surface area contributed by atoms with Crippen molar-refractivity contribution >= 4 is 0 Å². The van der Waals surface area contributed by atoms with Crippen molar-refractivity contribution in [2.75, 3.05) is 13.1 Å². The van der Waals surface area contributed by atoms with Gasteiger partial charge in [-0.3, -0.25) is 4.90 Å². The molecule has 1 saturated heterocycles. The van der Waals surface area contributed by atoms with Gasteiger partial charge in [0, 0.05) is 12.1 Å². The highest BCUT2D eigenvalue weighted by molar-refractivity contribution is 5.12. The largest absolute Gasteiger partial charge is 0.468 e. The Morgan fingerprint density at radius 3 is 2.53 bits per heavy atom. The zero-order chi connectivity index (χ0) is 10.5. The predicted octanol–water partition coefficient (Wildman–Crippen LogP) is 2.11. The lowest BCUT2D eigenvalue weighted by Gasteiger charge is -2.17. The lowest BCUT2D eigenvalue weighted by Crippen LogP contribution is -2.23. The van der Waals surface area contributed by atoms with Gasteiger partial charge in [0.1, 0.15) is 5.76 Å². The van der Waals surface area contributed by atoms with Gasteiger partial charge in [0.15, 0.2) is 0 Å². The van der Waals surface area contributed by atoms with Gasteiger partial charge in [-0.05, 0) is 32.0 Å². The highest BCUT2D eigenvalue weighted by Gasteiger charge is 2.11. The first kappa shape index (κ1) is 10.7. The van der Waals surface area contributed by atoms with Crippen LogP contribution < -0.4 is 5.73 Å². The second-order valence-corrected chi connectivity index (χ2v) is 4.32. The lowest BCUT2D eigenvalue weighted by molar-refractivity contribution is 0.253. The van der Waals surface area contributed by atoms with Crippen LogP contribution >= 0.6 is 0 Å². The molecule has 1 fully saturated rings. The van der Waals surface area contributed by atoms with E-state index >= 15 is 0 Å². The van der Waals surface area contributed by atoms with Crippen LogP contribution in [-0.4, -0.2) is 18.0 Å². The molecule has 15 heavy (non-hydrogen) atoms. The average Bonchev–Trinajstić information content (AvgIpc) is 2.54. The van der Waals surface area contributed by atoms with E-state index in [1.165, 1.54) is 38.8 Å². The molecule has 0 saturated carbocycles. The fourth-order valence-corrected chi connectivity index (χ4v) is 2.13. The number of nitrogens with zero attached hydrogens (tertiary/aromatic N) is 1. The predicted molar refractivity (Wildman–Crippen MR) is 60.3 cm³/mol. The molecule has 0 radical (unpaired) electrons. The molecule has 1 aliphatic heterocycles. The van der Waals surface area contributed by atoms with Gasteiger partial charge < -0.3 is 10.2 Å². The molecular formula is C12H20N2O. The SMILES string of the molecule is NCc1coc(CN2CCCCCC2)c1. The minimum absolute atomic E-state index is 0.573. The molecule has 2 heterocycles. The van der Waals surface area contributed by atoms with Gasteiger partial charge >= 0.3 is 0 Å². The van der Waals surface area contributed by atoms with Crippen molar-refractivity contribution < 1.29 is 4.42 Å². The summed E-state index contributed by atoms with van der Waals surface area (Å²) in [6.45, 7) is 3.93. The van der Waals surface area contributed by atoms with E-state index in [4.69, 9.17) is 10.2 Å². The summed E-state index contributed by atoms with van der Waals surface area (Å²) in [5.41, 5.74) is 6.64. The Hall–Kier alpha value is -0.800. The van der Waals surface area contributed by atoms with Gasteiger partial charge in [-0.25, -0.2) is 0 Å². The Morgan fingerprint density at radius 1 is 1.20 bits per heavy atom. The molecule has 1 aromatic rings. The van der Waals surface area contributed by atoms with Gasteiger partial charge in [0.25, 0.3) is 0 Å². The maximum Gasteiger partial charge on any atom is 0.118 e. The fourth-order valence-electron chi connectivity index (χ4n) is 2.13. The topological polar surface area (TPSA) is 42.4 Å². The molecule has 0 atom stereocenters. The standard InChI is InChI=1S/C12H20N2O/c13-8-11-7-12(15-10-11)9-14-5-3-1-2-4-6-14/h7,10H,1-6,8-9,13H2. The van der Waals surface area contributed by atoms with Crippen LogP contribution in [0.2, 0.25) is 0 Å². The highest BCUT2D eigenvalue weighted by atomic mass is 16.3. The van der Waals surface area contributed by atoms with Crippen LogP contribution in [0.4, 0.5) is 0 Å². The van der Waals surface area contributed by atoms with Crippen molar-refractivity contribution in [2.24, 2.45) is 5.73 Å². The Labute approximate surface area is 91.2 Å². The summed E-state index contributed by atoms with van der Waals surface area (Å²) in [7, 11) is 0. The van der Waals surface area contributed by atoms with E-state index in [1.54, 1.807) is 6.26 Å². The maximum atomic E-state index is 5.55. The first-order valence-corrected chi connectivity index (χ1v) is 5.87. The van der Waals surface area contributed by atoms with E-state index < -0.39 is 0 Å². The minimum Gasteiger partial charge on any atom is -0.468 e. The molecule has 0 aliphatic carbocycles. The minimum atomic E-state index is 0.573. The third-order valence-electron chi connectivity index (χ3n) is 3.02. The fraction of sp³-hybridized carbons (Fsp3) is 0.667. The third kappa shape index (κ3) is 3.08. The Kier molecular flexibility index (Phi) is 3.80. The van der Waals surface area contributed by atoms with Gasteiger partial charge in [-0.1, -0.05) is 12.8 Å². The Balaban J connectivity index is 1.89. The smallest absolute Gasteiger partial charge is 0.118 e. The molecule has 0 bridgehead atoms. The molecule has 2 rings (SSSR count). The van der Waals surface area contributed by atoms with Crippen molar-refractivity contribution in [3.63, 3.8) is 0 Å². The van der Waals surface area contributed by atoms with Crippen molar-refractivity contribution in [1.82, 2.24) is 4.90 Å². The normalized spacial score (nSPS) is 19.0. The average molecular weight is 208 g/mol. The summed E-state index contributed by atoms with van der Waals surface area (Å²) in [4.78, 5) is 2.48.